The molecule has 24 heavy (non-hydrogen) atoms. The van der Waals surface area contributed by atoms with Crippen LogP contribution in [0, 0.1) is 0 Å². The van der Waals surface area contributed by atoms with E-state index in [1.54, 1.807) is 0 Å². The number of hydrogen-bond donors (Lipinski definition) is 0. The van der Waals surface area contributed by atoms with Gasteiger partial charge in [0.2, 0.25) is 0 Å². The van der Waals surface area contributed by atoms with Crippen LogP contribution >= 0.6 is 0 Å². The molecule has 0 aliphatic carbocycles. The van der Waals surface area contributed by atoms with Gasteiger partial charge >= 0.3 is 0 Å². The average Bonchev–Trinajstić information content (AvgIpc) is 2.68. The van der Waals surface area contributed by atoms with Crippen molar-refractivity contribution < 1.29 is 4.79 Å². The molecule has 1 atom stereocenters. The van der Waals surface area contributed by atoms with Crippen LogP contribution in [0.5, 0.6) is 0 Å². The normalized spacial score (nSPS) is 16.6. The zero-order chi connectivity index (χ0) is 16.4. The molecule has 0 saturated carbocycles. The van der Waals surface area contributed by atoms with Crippen molar-refractivity contribution in [1.82, 2.24) is 0 Å². The molecule has 0 aromatic heterocycles. The number of nitrogens with zero attached hydrogens (tertiary/aromatic N) is 2. The highest BCUT2D eigenvalue weighted by Gasteiger charge is 2.31. The van der Waals surface area contributed by atoms with Gasteiger partial charge < -0.3 is 14.6 Å². The van der Waals surface area contributed by atoms with Crippen LogP contribution < -0.4 is 9.80 Å². The second-order valence-corrected chi connectivity index (χ2v) is 5.85. The highest BCUT2D eigenvalue weighted by molar-refractivity contribution is 5.80. The third kappa shape index (κ3) is 2.44. The SMILES string of the molecule is O=CC1c2ccccc2N(c2ccccc2)CN1c1ccccc1. The minimum atomic E-state index is -0.274. The standard InChI is InChI=1S/C21H18N2O/c24-15-21-19-13-7-8-14-20(19)22(17-9-3-1-4-10-17)16-23(21)18-11-5-2-6-12-18/h1-15,21H,16H2. The smallest absolute Gasteiger partial charge is 0.147 e. The summed E-state index contributed by atoms with van der Waals surface area (Å²) in [5, 5.41) is 0. The van der Waals surface area contributed by atoms with Gasteiger partial charge in [0, 0.05) is 22.6 Å². The van der Waals surface area contributed by atoms with Crippen LogP contribution in [-0.2, 0) is 4.79 Å². The van der Waals surface area contributed by atoms with Crippen molar-refractivity contribution in [2.75, 3.05) is 16.5 Å². The zero-order valence-electron chi connectivity index (χ0n) is 13.2. The molecule has 1 aliphatic heterocycles. The first-order valence-electron chi connectivity index (χ1n) is 8.07. The van der Waals surface area contributed by atoms with Crippen LogP contribution in [-0.4, -0.2) is 13.0 Å². The van der Waals surface area contributed by atoms with Gasteiger partial charge in [-0.05, 0) is 30.3 Å². The third-order valence-electron chi connectivity index (χ3n) is 4.46. The number of hydrogen-bond acceptors (Lipinski definition) is 3. The van der Waals surface area contributed by atoms with Crippen LogP contribution in [0.2, 0.25) is 0 Å². The van der Waals surface area contributed by atoms with Gasteiger partial charge in [0.05, 0.1) is 6.67 Å². The quantitative estimate of drug-likeness (QED) is 0.663. The van der Waals surface area contributed by atoms with E-state index in [2.05, 4.69) is 28.0 Å². The molecule has 0 radical (unpaired) electrons. The summed E-state index contributed by atoms with van der Waals surface area (Å²) in [6.45, 7) is 0.633. The molecule has 4 rings (SSSR count). The first kappa shape index (κ1) is 14.5. The summed E-state index contributed by atoms with van der Waals surface area (Å²) in [4.78, 5) is 16.3. The summed E-state index contributed by atoms with van der Waals surface area (Å²) in [5.41, 5.74) is 4.29. The molecule has 1 aliphatic rings. The lowest BCUT2D eigenvalue weighted by molar-refractivity contribution is -0.109. The Bertz CT molecular complexity index is 833. The number of benzene rings is 3. The van der Waals surface area contributed by atoms with Crippen molar-refractivity contribution in [2.45, 2.75) is 6.04 Å². The molecule has 3 nitrogen and oxygen atoms in total. The second kappa shape index (κ2) is 6.20. The molecule has 0 amide bonds. The number of anilines is 3. The van der Waals surface area contributed by atoms with Crippen LogP contribution in [0.15, 0.2) is 84.9 Å². The maximum Gasteiger partial charge on any atom is 0.147 e. The zero-order valence-corrected chi connectivity index (χ0v) is 13.2. The van der Waals surface area contributed by atoms with Gasteiger partial charge in [0.25, 0.3) is 0 Å². The first-order chi connectivity index (χ1) is 11.9. The molecule has 118 valence electrons. The summed E-state index contributed by atoms with van der Waals surface area (Å²) >= 11 is 0. The highest BCUT2D eigenvalue weighted by atomic mass is 16.1. The van der Waals surface area contributed by atoms with Crippen molar-refractivity contribution in [3.63, 3.8) is 0 Å². The summed E-state index contributed by atoms with van der Waals surface area (Å²) in [5.74, 6) is 0. The summed E-state index contributed by atoms with van der Waals surface area (Å²) < 4.78 is 0. The monoisotopic (exact) mass is 314 g/mol. The van der Waals surface area contributed by atoms with E-state index in [0.29, 0.717) is 6.67 Å². The minimum absolute atomic E-state index is 0.274. The maximum atomic E-state index is 11.9. The van der Waals surface area contributed by atoms with Crippen molar-refractivity contribution in [3.8, 4) is 0 Å². The number of rotatable bonds is 3. The lowest BCUT2D eigenvalue weighted by Gasteiger charge is -2.43. The third-order valence-corrected chi connectivity index (χ3v) is 4.46. The summed E-state index contributed by atoms with van der Waals surface area (Å²) in [6.07, 6.45) is 1.04. The Labute approximate surface area is 141 Å². The molecule has 3 aromatic rings. The number of para-hydroxylation sites is 3. The van der Waals surface area contributed by atoms with E-state index in [9.17, 15) is 4.79 Å². The number of aldehydes is 1. The van der Waals surface area contributed by atoms with E-state index in [1.807, 2.05) is 66.7 Å². The fourth-order valence-electron chi connectivity index (χ4n) is 3.31. The van der Waals surface area contributed by atoms with E-state index >= 15 is 0 Å². The van der Waals surface area contributed by atoms with Crippen LogP contribution in [0.25, 0.3) is 0 Å². The molecule has 1 unspecified atom stereocenters. The number of carbonyl (C=O) groups excluding carboxylic acids is 1. The molecule has 0 saturated heterocycles. The van der Waals surface area contributed by atoms with Crippen LogP contribution in [0.4, 0.5) is 17.1 Å². The van der Waals surface area contributed by atoms with E-state index in [-0.39, 0.29) is 6.04 Å². The molecular weight excluding hydrogens is 296 g/mol. The first-order valence-corrected chi connectivity index (χ1v) is 8.07. The lowest BCUT2D eigenvalue weighted by Crippen LogP contribution is -2.43. The van der Waals surface area contributed by atoms with Gasteiger partial charge in [0.1, 0.15) is 12.3 Å². The molecular formula is C21H18N2O. The minimum Gasteiger partial charge on any atom is -0.339 e. The van der Waals surface area contributed by atoms with E-state index in [1.165, 1.54) is 0 Å². The Balaban J connectivity index is 1.86. The fraction of sp³-hybridized carbons (Fsp3) is 0.0952. The molecule has 0 spiro atoms. The van der Waals surface area contributed by atoms with Gasteiger partial charge in [-0.25, -0.2) is 0 Å². The molecule has 1 heterocycles. The molecule has 3 heteroatoms. The van der Waals surface area contributed by atoms with Crippen molar-refractivity contribution >= 4 is 23.3 Å². The highest BCUT2D eigenvalue weighted by Crippen LogP contribution is 2.40. The lowest BCUT2D eigenvalue weighted by atomic mass is 9.99. The van der Waals surface area contributed by atoms with Gasteiger partial charge in [0.15, 0.2) is 0 Å². The van der Waals surface area contributed by atoms with Crippen LogP contribution in [0.1, 0.15) is 11.6 Å². The molecule has 3 aromatic carbocycles. The Hall–Kier alpha value is -3.07. The second-order valence-electron chi connectivity index (χ2n) is 5.85. The maximum absolute atomic E-state index is 11.9. The fourth-order valence-corrected chi connectivity index (χ4v) is 3.31. The number of carbonyl (C=O) groups is 1. The van der Waals surface area contributed by atoms with Crippen molar-refractivity contribution in [2.24, 2.45) is 0 Å². The predicted molar refractivity (Wildman–Crippen MR) is 97.6 cm³/mol. The Morgan fingerprint density at radius 1 is 0.750 bits per heavy atom. The van der Waals surface area contributed by atoms with Crippen molar-refractivity contribution in [3.05, 3.63) is 90.5 Å². The molecule has 0 bridgehead atoms. The Morgan fingerprint density at radius 2 is 1.33 bits per heavy atom. The average molecular weight is 314 g/mol. The van der Waals surface area contributed by atoms with E-state index in [4.69, 9.17) is 0 Å². The number of fused-ring (bicyclic) bond motifs is 1. The Morgan fingerprint density at radius 3 is 2.00 bits per heavy atom. The van der Waals surface area contributed by atoms with E-state index < -0.39 is 0 Å². The van der Waals surface area contributed by atoms with Crippen molar-refractivity contribution in [1.29, 1.82) is 0 Å². The van der Waals surface area contributed by atoms with E-state index in [0.717, 1.165) is 28.9 Å². The molecule has 0 fully saturated rings. The van der Waals surface area contributed by atoms with Gasteiger partial charge in [-0.1, -0.05) is 54.6 Å². The van der Waals surface area contributed by atoms with Gasteiger partial charge in [-0.2, -0.15) is 0 Å². The summed E-state index contributed by atoms with van der Waals surface area (Å²) in [6, 6.07) is 28.3. The largest absolute Gasteiger partial charge is 0.339 e. The van der Waals surface area contributed by atoms with Gasteiger partial charge in [-0.3, -0.25) is 0 Å². The summed E-state index contributed by atoms with van der Waals surface area (Å²) in [7, 11) is 0. The Kier molecular flexibility index (Phi) is 3.75. The topological polar surface area (TPSA) is 23.6 Å². The van der Waals surface area contributed by atoms with Gasteiger partial charge in [-0.15, -0.1) is 0 Å². The van der Waals surface area contributed by atoms with Crippen LogP contribution in [0.3, 0.4) is 0 Å². The molecule has 0 N–H and O–H groups in total. The predicted octanol–water partition coefficient (Wildman–Crippen LogP) is 4.54.